The van der Waals surface area contributed by atoms with Crippen LogP contribution >= 0.6 is 0 Å². The number of ether oxygens (including phenoxy) is 1. The van der Waals surface area contributed by atoms with Crippen LogP contribution in [-0.4, -0.2) is 47.4 Å². The van der Waals surface area contributed by atoms with E-state index in [1.807, 2.05) is 6.08 Å². The van der Waals surface area contributed by atoms with Crippen LogP contribution in [0.5, 0.6) is 0 Å². The Bertz CT molecular complexity index is 924. The minimum atomic E-state index is -0.858. The Morgan fingerprint density at radius 2 is 0.742 bits per heavy atom. The molecule has 0 aliphatic heterocycles. The lowest BCUT2D eigenvalue weighted by Gasteiger charge is -2.20. The van der Waals surface area contributed by atoms with E-state index in [0.717, 1.165) is 57.8 Å². The number of hydrogen-bond acceptors (Lipinski definition) is 5. The fourth-order valence-corrected chi connectivity index (χ4v) is 8.75. The average Bonchev–Trinajstić information content (AvgIpc) is 3.27. The highest BCUT2D eigenvalue weighted by molar-refractivity contribution is 5.76. The second-order valence-corrected chi connectivity index (χ2v) is 19.3. The van der Waals surface area contributed by atoms with Crippen molar-refractivity contribution in [3.05, 3.63) is 12.2 Å². The minimum Gasteiger partial charge on any atom is -0.466 e. The molecule has 0 heterocycles. The summed E-state index contributed by atoms with van der Waals surface area (Å²) in [5, 5.41) is 23.1. The molecule has 0 saturated carbocycles. The number of rotatable bonds is 52. The monoisotopic (exact) mass is 876 g/mol. The molecule has 3 N–H and O–H groups in total. The predicted octanol–water partition coefficient (Wildman–Crippen LogP) is 16.9. The van der Waals surface area contributed by atoms with Crippen LogP contribution in [0.4, 0.5) is 0 Å². The largest absolute Gasteiger partial charge is 0.466 e. The normalized spacial score (nSPS) is 12.6. The molecule has 0 aliphatic rings. The lowest BCUT2D eigenvalue weighted by atomic mass is 10.0. The molecule has 2 unspecified atom stereocenters. The number of unbranched alkanes of at least 4 members (excludes halogenated alkanes) is 41. The zero-order valence-electron chi connectivity index (χ0n) is 41.9. The topological polar surface area (TPSA) is 95.9 Å². The van der Waals surface area contributed by atoms with E-state index in [9.17, 15) is 19.8 Å². The van der Waals surface area contributed by atoms with Crippen LogP contribution in [0.2, 0.25) is 0 Å². The first-order valence-electron chi connectivity index (χ1n) is 28.0. The summed E-state index contributed by atoms with van der Waals surface area (Å²) in [5.41, 5.74) is 0. The molecular weight excluding hydrogens is 767 g/mol. The Morgan fingerprint density at radius 3 is 1.10 bits per heavy atom. The Labute approximate surface area is 387 Å². The number of hydrogen-bond donors (Lipinski definition) is 3. The highest BCUT2D eigenvalue weighted by Gasteiger charge is 2.18. The standard InChI is InChI=1S/C56H109NO5/c1-3-5-7-9-11-13-15-17-19-21-22-23-25-27-29-34-38-42-46-50-56(61)62-51-47-43-39-35-31-30-33-37-41-45-49-55(60)57-53(52-58)54(59)48-44-40-36-32-28-26-24-20-18-16-14-12-10-8-6-4-2/h44,48,53-54,58-59H,3-43,45-47,49-52H2,1-2H3,(H,57,60)/b48-44+. The lowest BCUT2D eigenvalue weighted by molar-refractivity contribution is -0.143. The third kappa shape index (κ3) is 48.1. The molecule has 0 aromatic rings. The maximum Gasteiger partial charge on any atom is 0.305 e. The zero-order chi connectivity index (χ0) is 45.1. The molecule has 1 amide bonds. The molecule has 0 aromatic heterocycles. The van der Waals surface area contributed by atoms with Gasteiger partial charge in [0.25, 0.3) is 0 Å². The van der Waals surface area contributed by atoms with Crippen molar-refractivity contribution in [3.8, 4) is 0 Å². The minimum absolute atomic E-state index is 0.0156. The fourth-order valence-electron chi connectivity index (χ4n) is 8.75. The van der Waals surface area contributed by atoms with Gasteiger partial charge in [-0.15, -0.1) is 0 Å². The lowest BCUT2D eigenvalue weighted by Crippen LogP contribution is -2.45. The molecule has 0 bridgehead atoms. The number of allylic oxidation sites excluding steroid dienone is 1. The maximum atomic E-state index is 12.4. The maximum absolute atomic E-state index is 12.4. The predicted molar refractivity (Wildman–Crippen MR) is 269 cm³/mol. The third-order valence-corrected chi connectivity index (χ3v) is 13.1. The molecule has 0 aromatic carbocycles. The summed E-state index contributed by atoms with van der Waals surface area (Å²) in [6.07, 6.45) is 60.8. The smallest absolute Gasteiger partial charge is 0.305 e. The van der Waals surface area contributed by atoms with Crippen molar-refractivity contribution in [1.82, 2.24) is 5.32 Å². The number of nitrogens with one attached hydrogen (secondary N) is 1. The molecule has 6 heteroatoms. The summed E-state index contributed by atoms with van der Waals surface area (Å²) < 4.78 is 5.48. The van der Waals surface area contributed by atoms with Crippen LogP contribution in [0.3, 0.4) is 0 Å². The SMILES string of the molecule is CCCCCCCCCCCCCCCC/C=C/C(O)C(CO)NC(=O)CCCCCCCCCCCCOC(=O)CCCCCCCCCCCCCCCCCCCCC. The molecule has 0 spiro atoms. The van der Waals surface area contributed by atoms with E-state index < -0.39 is 12.1 Å². The average molecular weight is 876 g/mol. The van der Waals surface area contributed by atoms with Gasteiger partial charge in [0.05, 0.1) is 25.4 Å². The van der Waals surface area contributed by atoms with Crippen molar-refractivity contribution in [2.24, 2.45) is 0 Å². The number of aliphatic hydroxyl groups excluding tert-OH is 2. The summed E-state index contributed by atoms with van der Waals surface area (Å²) in [6.45, 7) is 4.87. The van der Waals surface area contributed by atoms with Gasteiger partial charge in [-0.3, -0.25) is 9.59 Å². The van der Waals surface area contributed by atoms with Crippen molar-refractivity contribution in [3.63, 3.8) is 0 Å². The fraction of sp³-hybridized carbons (Fsp3) is 0.929. The molecule has 0 aliphatic carbocycles. The first-order valence-corrected chi connectivity index (χ1v) is 28.0. The van der Waals surface area contributed by atoms with E-state index in [1.165, 1.54) is 225 Å². The van der Waals surface area contributed by atoms with Gasteiger partial charge in [0.15, 0.2) is 0 Å². The van der Waals surface area contributed by atoms with E-state index in [1.54, 1.807) is 6.08 Å². The van der Waals surface area contributed by atoms with Gasteiger partial charge in [0.1, 0.15) is 0 Å². The van der Waals surface area contributed by atoms with Gasteiger partial charge in [0, 0.05) is 12.8 Å². The van der Waals surface area contributed by atoms with Crippen molar-refractivity contribution < 1.29 is 24.5 Å². The van der Waals surface area contributed by atoms with E-state index in [4.69, 9.17) is 4.74 Å². The quantitative estimate of drug-likeness (QED) is 0.0321. The Balaban J connectivity index is 3.47. The summed E-state index contributed by atoms with van der Waals surface area (Å²) >= 11 is 0. The zero-order valence-corrected chi connectivity index (χ0v) is 41.9. The van der Waals surface area contributed by atoms with Gasteiger partial charge in [-0.25, -0.2) is 0 Å². The second-order valence-electron chi connectivity index (χ2n) is 19.3. The van der Waals surface area contributed by atoms with Gasteiger partial charge in [0.2, 0.25) is 5.91 Å². The van der Waals surface area contributed by atoms with Gasteiger partial charge < -0.3 is 20.3 Å². The molecular formula is C56H109NO5. The van der Waals surface area contributed by atoms with Gasteiger partial charge >= 0.3 is 5.97 Å². The summed E-state index contributed by atoms with van der Waals surface area (Å²) in [7, 11) is 0. The highest BCUT2D eigenvalue weighted by atomic mass is 16.5. The van der Waals surface area contributed by atoms with Crippen LogP contribution < -0.4 is 5.32 Å². The first-order chi connectivity index (χ1) is 30.5. The summed E-state index contributed by atoms with van der Waals surface area (Å²) in [4.78, 5) is 24.5. The van der Waals surface area contributed by atoms with Crippen molar-refractivity contribution >= 4 is 11.9 Å². The van der Waals surface area contributed by atoms with E-state index >= 15 is 0 Å². The van der Waals surface area contributed by atoms with Gasteiger partial charge in [-0.2, -0.15) is 0 Å². The van der Waals surface area contributed by atoms with Crippen LogP contribution in [-0.2, 0) is 14.3 Å². The number of amides is 1. The molecule has 6 nitrogen and oxygen atoms in total. The second kappa shape index (κ2) is 52.2. The van der Waals surface area contributed by atoms with Crippen molar-refractivity contribution in [1.29, 1.82) is 0 Å². The number of carbonyl (C=O) groups excluding carboxylic acids is 2. The third-order valence-electron chi connectivity index (χ3n) is 13.1. The van der Waals surface area contributed by atoms with Gasteiger partial charge in [-0.05, 0) is 32.1 Å². The first kappa shape index (κ1) is 60.6. The van der Waals surface area contributed by atoms with Crippen molar-refractivity contribution in [2.45, 2.75) is 321 Å². The van der Waals surface area contributed by atoms with Crippen LogP contribution in [0.1, 0.15) is 309 Å². The summed E-state index contributed by atoms with van der Waals surface area (Å²) in [5.74, 6) is -0.104. The van der Waals surface area contributed by atoms with Gasteiger partial charge in [-0.1, -0.05) is 276 Å². The number of aliphatic hydroxyl groups is 2. The van der Waals surface area contributed by atoms with Crippen LogP contribution in [0, 0.1) is 0 Å². The van der Waals surface area contributed by atoms with Crippen molar-refractivity contribution in [2.75, 3.05) is 13.2 Å². The molecule has 0 fully saturated rings. The van der Waals surface area contributed by atoms with Crippen LogP contribution in [0.15, 0.2) is 12.2 Å². The van der Waals surface area contributed by atoms with E-state index in [2.05, 4.69) is 19.2 Å². The molecule has 0 saturated heterocycles. The molecule has 0 radical (unpaired) electrons. The molecule has 62 heavy (non-hydrogen) atoms. The summed E-state index contributed by atoms with van der Waals surface area (Å²) in [6, 6.07) is -0.643. The highest BCUT2D eigenvalue weighted by Crippen LogP contribution is 2.17. The number of esters is 1. The molecule has 0 rings (SSSR count). The Morgan fingerprint density at radius 1 is 0.435 bits per heavy atom. The Kier molecular flexibility index (Phi) is 51.0. The Hall–Kier alpha value is -1.40. The molecule has 368 valence electrons. The number of carbonyl (C=O) groups is 2. The van der Waals surface area contributed by atoms with Crippen LogP contribution in [0.25, 0.3) is 0 Å². The molecule has 2 atom stereocenters. The van der Waals surface area contributed by atoms with E-state index in [0.29, 0.717) is 19.4 Å². The van der Waals surface area contributed by atoms with E-state index in [-0.39, 0.29) is 18.5 Å².